The quantitative estimate of drug-likeness (QED) is 0.270. The van der Waals surface area contributed by atoms with E-state index in [1.165, 1.54) is 0 Å². The predicted octanol–water partition coefficient (Wildman–Crippen LogP) is 2.08. The lowest BCUT2D eigenvalue weighted by Crippen LogP contribution is -2.15. The lowest BCUT2D eigenvalue weighted by Gasteiger charge is -2.08. The summed E-state index contributed by atoms with van der Waals surface area (Å²) in [6, 6.07) is 3.41. The van der Waals surface area contributed by atoms with Gasteiger partial charge in [-0.3, -0.25) is 4.79 Å². The van der Waals surface area contributed by atoms with Gasteiger partial charge in [0.2, 0.25) is 0 Å². The largest absolute Gasteiger partial charge is 0.496 e. The molecule has 1 heterocycles. The van der Waals surface area contributed by atoms with Crippen LogP contribution in [-0.4, -0.2) is 68.8 Å². The highest BCUT2D eigenvalue weighted by Crippen LogP contribution is 2.03. The number of ether oxygens (including phenoxy) is 4. The maximum Gasteiger partial charge on any atom is 0.182 e. The average molecular weight is 367 g/mol. The molecule has 1 aromatic rings. The first-order valence-corrected chi connectivity index (χ1v) is 8.75. The van der Waals surface area contributed by atoms with Gasteiger partial charge in [0.15, 0.2) is 5.78 Å². The number of hydrogen-bond donors (Lipinski definition) is 1. The van der Waals surface area contributed by atoms with Gasteiger partial charge in [-0.2, -0.15) is 0 Å². The standard InChI is InChI=1S/C18H29N3O5/c1-4-17(22)16-5-6-18(21-20-16)19-7-8-23-9-10-24-11-12-25-13-14-26-15(2)3/h5-6H,2,4,7-14H2,1,3H3,(H,19,21). The fraction of sp³-hybridized carbons (Fsp3) is 0.611. The fourth-order valence-electron chi connectivity index (χ4n) is 1.82. The summed E-state index contributed by atoms with van der Waals surface area (Å²) in [6.07, 6.45) is 0.424. The van der Waals surface area contributed by atoms with Gasteiger partial charge in [-0.05, 0) is 19.1 Å². The van der Waals surface area contributed by atoms with Crippen LogP contribution in [0.3, 0.4) is 0 Å². The molecule has 0 spiro atoms. The molecule has 0 amide bonds. The summed E-state index contributed by atoms with van der Waals surface area (Å²) in [6.45, 7) is 11.5. The zero-order chi connectivity index (χ0) is 19.0. The maximum absolute atomic E-state index is 11.5. The number of ketones is 1. The molecule has 0 bridgehead atoms. The smallest absolute Gasteiger partial charge is 0.182 e. The first-order chi connectivity index (χ1) is 12.6. The molecule has 0 aliphatic rings. The van der Waals surface area contributed by atoms with Gasteiger partial charge in [0.05, 0.1) is 45.4 Å². The van der Waals surface area contributed by atoms with E-state index >= 15 is 0 Å². The van der Waals surface area contributed by atoms with Crippen LogP contribution >= 0.6 is 0 Å². The highest BCUT2D eigenvalue weighted by atomic mass is 16.6. The van der Waals surface area contributed by atoms with Crippen LogP contribution in [0.15, 0.2) is 24.5 Å². The molecular formula is C18H29N3O5. The highest BCUT2D eigenvalue weighted by molar-refractivity contribution is 5.93. The second kappa shape index (κ2) is 14.2. The highest BCUT2D eigenvalue weighted by Gasteiger charge is 2.05. The molecule has 0 fully saturated rings. The minimum atomic E-state index is -0.0158. The van der Waals surface area contributed by atoms with Crippen LogP contribution in [0, 0.1) is 0 Å². The molecule has 26 heavy (non-hydrogen) atoms. The van der Waals surface area contributed by atoms with Gasteiger partial charge >= 0.3 is 0 Å². The molecular weight excluding hydrogens is 338 g/mol. The van der Waals surface area contributed by atoms with Gasteiger partial charge in [0.25, 0.3) is 0 Å². The minimum Gasteiger partial charge on any atom is -0.496 e. The summed E-state index contributed by atoms with van der Waals surface area (Å²) in [5.74, 6) is 1.29. The van der Waals surface area contributed by atoms with Gasteiger partial charge in [-0.15, -0.1) is 10.2 Å². The number of rotatable bonds is 16. The summed E-state index contributed by atoms with van der Waals surface area (Å²) < 4.78 is 21.3. The maximum atomic E-state index is 11.5. The Morgan fingerprint density at radius 1 is 1.00 bits per heavy atom. The van der Waals surface area contributed by atoms with Gasteiger partial charge < -0.3 is 24.3 Å². The normalized spacial score (nSPS) is 10.5. The van der Waals surface area contributed by atoms with E-state index in [9.17, 15) is 4.79 Å². The zero-order valence-corrected chi connectivity index (χ0v) is 15.7. The van der Waals surface area contributed by atoms with E-state index in [0.29, 0.717) is 76.5 Å². The molecule has 1 N–H and O–H groups in total. The van der Waals surface area contributed by atoms with Gasteiger partial charge in [-0.25, -0.2) is 0 Å². The summed E-state index contributed by atoms with van der Waals surface area (Å²) in [4.78, 5) is 11.5. The van der Waals surface area contributed by atoms with E-state index in [2.05, 4.69) is 22.1 Å². The Morgan fingerprint density at radius 2 is 1.62 bits per heavy atom. The van der Waals surface area contributed by atoms with Crippen molar-refractivity contribution in [3.63, 3.8) is 0 Å². The lowest BCUT2D eigenvalue weighted by atomic mass is 10.2. The molecule has 1 aromatic heterocycles. The number of aromatic nitrogens is 2. The molecule has 0 saturated carbocycles. The van der Waals surface area contributed by atoms with Crippen LogP contribution in [0.5, 0.6) is 0 Å². The Morgan fingerprint density at radius 3 is 2.15 bits per heavy atom. The molecule has 0 aromatic carbocycles. The van der Waals surface area contributed by atoms with E-state index in [0.717, 1.165) is 0 Å². The summed E-state index contributed by atoms with van der Waals surface area (Å²) >= 11 is 0. The predicted molar refractivity (Wildman–Crippen MR) is 98.4 cm³/mol. The Hall–Kier alpha value is -2.03. The number of hydrogen-bond acceptors (Lipinski definition) is 8. The van der Waals surface area contributed by atoms with E-state index in [4.69, 9.17) is 18.9 Å². The van der Waals surface area contributed by atoms with Crippen LogP contribution in [-0.2, 0) is 18.9 Å². The van der Waals surface area contributed by atoms with E-state index in [1.807, 2.05) is 0 Å². The van der Waals surface area contributed by atoms with Crippen molar-refractivity contribution in [1.29, 1.82) is 0 Å². The molecule has 0 saturated heterocycles. The van der Waals surface area contributed by atoms with Crippen molar-refractivity contribution in [2.75, 3.05) is 58.1 Å². The first-order valence-electron chi connectivity index (χ1n) is 8.75. The van der Waals surface area contributed by atoms with Crippen LogP contribution in [0.4, 0.5) is 5.82 Å². The SMILES string of the molecule is C=C(C)OCCOCCOCCOCCNc1ccc(C(=O)CC)nn1. The van der Waals surface area contributed by atoms with E-state index in [1.54, 1.807) is 26.0 Å². The Labute approximate surface area is 154 Å². The van der Waals surface area contributed by atoms with Gasteiger partial charge in [0.1, 0.15) is 18.1 Å². The van der Waals surface area contributed by atoms with E-state index < -0.39 is 0 Å². The Kier molecular flexibility index (Phi) is 12.0. The first kappa shape index (κ1) is 22.0. The van der Waals surface area contributed by atoms with E-state index in [-0.39, 0.29) is 5.78 Å². The number of Topliss-reactive ketones (excluding diaryl/α,β-unsaturated/α-hetero) is 1. The topological polar surface area (TPSA) is 91.8 Å². The number of carbonyl (C=O) groups is 1. The molecule has 0 aliphatic carbocycles. The average Bonchev–Trinajstić information content (AvgIpc) is 2.65. The third-order valence-corrected chi connectivity index (χ3v) is 3.14. The molecule has 1 rings (SSSR count). The Balaban J connectivity index is 1.90. The van der Waals surface area contributed by atoms with Crippen LogP contribution in [0.1, 0.15) is 30.8 Å². The third kappa shape index (κ3) is 10.8. The zero-order valence-electron chi connectivity index (χ0n) is 15.7. The third-order valence-electron chi connectivity index (χ3n) is 3.14. The van der Waals surface area contributed by atoms with Gasteiger partial charge in [0, 0.05) is 13.0 Å². The fourth-order valence-corrected chi connectivity index (χ4v) is 1.82. The van der Waals surface area contributed by atoms with Crippen molar-refractivity contribution in [2.24, 2.45) is 0 Å². The second-order valence-corrected chi connectivity index (χ2v) is 5.39. The summed E-state index contributed by atoms with van der Waals surface area (Å²) in [5, 5.41) is 10.9. The van der Waals surface area contributed by atoms with Crippen LogP contribution in [0.2, 0.25) is 0 Å². The van der Waals surface area contributed by atoms with Crippen molar-refractivity contribution < 1.29 is 23.7 Å². The van der Waals surface area contributed by atoms with Crippen molar-refractivity contribution >= 4 is 11.6 Å². The Bertz CT molecular complexity index is 522. The number of allylic oxidation sites excluding steroid dienone is 1. The number of nitrogens with zero attached hydrogens (tertiary/aromatic N) is 2. The van der Waals surface area contributed by atoms with Crippen LogP contribution in [0.25, 0.3) is 0 Å². The molecule has 8 heteroatoms. The lowest BCUT2D eigenvalue weighted by molar-refractivity contribution is 0.00632. The molecule has 146 valence electrons. The summed E-state index contributed by atoms with van der Waals surface area (Å²) in [5.41, 5.74) is 0.388. The van der Waals surface area contributed by atoms with Crippen molar-refractivity contribution in [2.45, 2.75) is 20.3 Å². The number of nitrogens with one attached hydrogen (secondary N) is 1. The molecule has 0 atom stereocenters. The molecule has 8 nitrogen and oxygen atoms in total. The number of anilines is 1. The second-order valence-electron chi connectivity index (χ2n) is 5.39. The van der Waals surface area contributed by atoms with Crippen molar-refractivity contribution in [3.05, 3.63) is 30.2 Å². The monoisotopic (exact) mass is 367 g/mol. The molecule has 0 radical (unpaired) electrons. The molecule has 0 aliphatic heterocycles. The summed E-state index contributed by atoms with van der Waals surface area (Å²) in [7, 11) is 0. The van der Waals surface area contributed by atoms with Gasteiger partial charge in [-0.1, -0.05) is 13.5 Å². The van der Waals surface area contributed by atoms with Crippen molar-refractivity contribution in [3.8, 4) is 0 Å². The number of carbonyl (C=O) groups excluding carboxylic acids is 1. The molecule has 0 unspecified atom stereocenters. The van der Waals surface area contributed by atoms with Crippen LogP contribution < -0.4 is 5.32 Å². The minimum absolute atomic E-state index is 0.0158. The van der Waals surface area contributed by atoms with Crippen molar-refractivity contribution in [1.82, 2.24) is 10.2 Å².